The van der Waals surface area contributed by atoms with Crippen molar-refractivity contribution in [3.05, 3.63) is 52.9 Å². The fourth-order valence-corrected chi connectivity index (χ4v) is 3.95. The van der Waals surface area contributed by atoms with Gasteiger partial charge in [-0.05, 0) is 30.7 Å². The minimum atomic E-state index is -3.68. The number of sulfonamides is 1. The number of hydrogen-bond acceptors (Lipinski definition) is 4. The number of ether oxygens (including phenoxy) is 1. The van der Waals surface area contributed by atoms with Crippen molar-refractivity contribution in [1.82, 2.24) is 4.31 Å². The number of benzene rings is 1. The van der Waals surface area contributed by atoms with Gasteiger partial charge in [-0.3, -0.25) is 0 Å². The van der Waals surface area contributed by atoms with Gasteiger partial charge in [0.15, 0.2) is 0 Å². The first-order valence-electron chi connectivity index (χ1n) is 6.71. The fourth-order valence-electron chi connectivity index (χ4n) is 2.05. The van der Waals surface area contributed by atoms with Gasteiger partial charge >= 0.3 is 0 Å². The van der Waals surface area contributed by atoms with Crippen LogP contribution in [0.25, 0.3) is 0 Å². The lowest BCUT2D eigenvalue weighted by Gasteiger charge is -2.22. The molecule has 0 aliphatic heterocycles. The molecule has 0 unspecified atom stereocenters. The van der Waals surface area contributed by atoms with Crippen LogP contribution in [0.15, 0.2) is 46.1 Å². The average molecular weight is 344 g/mol. The van der Waals surface area contributed by atoms with E-state index < -0.39 is 10.0 Å². The number of aryl methyl sites for hydroxylation is 1. The highest BCUT2D eigenvalue weighted by Gasteiger charge is 2.26. The topological polar surface area (TPSA) is 59.8 Å². The van der Waals surface area contributed by atoms with E-state index in [0.717, 1.165) is 5.56 Å². The monoisotopic (exact) mass is 343 g/mol. The van der Waals surface area contributed by atoms with E-state index >= 15 is 0 Å². The van der Waals surface area contributed by atoms with Crippen molar-refractivity contribution in [2.45, 2.75) is 18.4 Å². The molecule has 7 heteroatoms. The Morgan fingerprint density at radius 2 is 2.09 bits per heavy atom. The van der Waals surface area contributed by atoms with Gasteiger partial charge in [0.2, 0.25) is 10.0 Å². The van der Waals surface area contributed by atoms with Crippen LogP contribution in [0.2, 0.25) is 5.02 Å². The van der Waals surface area contributed by atoms with Gasteiger partial charge in [0.05, 0.1) is 24.0 Å². The Morgan fingerprint density at radius 1 is 1.32 bits per heavy atom. The summed E-state index contributed by atoms with van der Waals surface area (Å²) in [7, 11) is -2.14. The number of rotatable bonds is 7. The average Bonchev–Trinajstić information content (AvgIpc) is 2.98. The summed E-state index contributed by atoms with van der Waals surface area (Å²) in [4.78, 5) is 0.208. The van der Waals surface area contributed by atoms with Gasteiger partial charge in [-0.2, -0.15) is 4.31 Å². The summed E-state index contributed by atoms with van der Waals surface area (Å²) < 4.78 is 37.2. The molecule has 0 N–H and O–H groups in total. The normalized spacial score (nSPS) is 12.0. The Morgan fingerprint density at radius 3 is 2.73 bits per heavy atom. The van der Waals surface area contributed by atoms with Crippen LogP contribution in [0.4, 0.5) is 0 Å². The zero-order chi connectivity index (χ0) is 16.2. The van der Waals surface area contributed by atoms with E-state index in [4.69, 9.17) is 20.8 Å². The van der Waals surface area contributed by atoms with Gasteiger partial charge < -0.3 is 9.15 Å². The molecule has 0 saturated carbocycles. The van der Waals surface area contributed by atoms with Crippen LogP contribution in [0, 0.1) is 6.92 Å². The van der Waals surface area contributed by atoms with Crippen LogP contribution in [-0.4, -0.2) is 33.0 Å². The molecular formula is C15H18ClNO4S. The van der Waals surface area contributed by atoms with Gasteiger partial charge in [-0.15, -0.1) is 0 Å². The van der Waals surface area contributed by atoms with Crippen molar-refractivity contribution in [2.75, 3.05) is 20.3 Å². The molecule has 120 valence electrons. The first-order chi connectivity index (χ1) is 10.4. The fraction of sp³-hybridized carbons (Fsp3) is 0.333. The molecule has 2 rings (SSSR count). The second kappa shape index (κ2) is 7.28. The SMILES string of the molecule is COCCN(Cc1ccoc1)S(=O)(=O)c1cc(Cl)ccc1C. The molecule has 0 radical (unpaired) electrons. The van der Waals surface area contributed by atoms with Crippen molar-refractivity contribution in [2.24, 2.45) is 0 Å². The highest BCUT2D eigenvalue weighted by Crippen LogP contribution is 2.24. The van der Waals surface area contributed by atoms with Crippen molar-refractivity contribution in [3.63, 3.8) is 0 Å². The van der Waals surface area contributed by atoms with Crippen LogP contribution in [-0.2, 0) is 21.3 Å². The summed E-state index contributed by atoms with van der Waals surface area (Å²) >= 11 is 5.95. The third-order valence-electron chi connectivity index (χ3n) is 3.25. The second-order valence-corrected chi connectivity index (χ2v) is 7.22. The highest BCUT2D eigenvalue weighted by molar-refractivity contribution is 7.89. The molecule has 1 aromatic heterocycles. The van der Waals surface area contributed by atoms with E-state index in [1.807, 2.05) is 0 Å². The molecule has 0 bridgehead atoms. The Hall–Kier alpha value is -1.34. The Kier molecular flexibility index (Phi) is 5.63. The number of furan rings is 1. The summed E-state index contributed by atoms with van der Waals surface area (Å²) in [6, 6.07) is 6.58. The highest BCUT2D eigenvalue weighted by atomic mass is 35.5. The van der Waals surface area contributed by atoms with Crippen molar-refractivity contribution < 1.29 is 17.6 Å². The van der Waals surface area contributed by atoms with Crippen LogP contribution in [0.5, 0.6) is 0 Å². The van der Waals surface area contributed by atoms with E-state index in [1.165, 1.54) is 30.0 Å². The zero-order valence-electron chi connectivity index (χ0n) is 12.5. The molecule has 0 aliphatic rings. The predicted molar refractivity (Wildman–Crippen MR) is 84.4 cm³/mol. The number of halogens is 1. The van der Waals surface area contributed by atoms with Crippen LogP contribution in [0.3, 0.4) is 0 Å². The molecule has 0 saturated heterocycles. The van der Waals surface area contributed by atoms with E-state index in [-0.39, 0.29) is 18.0 Å². The lowest BCUT2D eigenvalue weighted by molar-refractivity contribution is 0.177. The standard InChI is InChI=1S/C15H18ClNO4S/c1-12-3-4-14(16)9-15(12)22(18,19)17(6-8-20-2)10-13-5-7-21-11-13/h3-5,7,9,11H,6,8,10H2,1-2H3. The number of hydrogen-bond donors (Lipinski definition) is 0. The summed E-state index contributed by atoms with van der Waals surface area (Å²) in [6.45, 7) is 2.51. The van der Waals surface area contributed by atoms with Gasteiger partial charge in [0.25, 0.3) is 0 Å². The zero-order valence-corrected chi connectivity index (χ0v) is 14.0. The maximum absolute atomic E-state index is 12.9. The third-order valence-corrected chi connectivity index (χ3v) is 5.47. The lowest BCUT2D eigenvalue weighted by Crippen LogP contribution is -2.33. The molecule has 0 amide bonds. The lowest BCUT2D eigenvalue weighted by atomic mass is 10.2. The first-order valence-corrected chi connectivity index (χ1v) is 8.53. The van der Waals surface area contributed by atoms with Crippen molar-refractivity contribution in [1.29, 1.82) is 0 Å². The number of methoxy groups -OCH3 is 1. The smallest absolute Gasteiger partial charge is 0.243 e. The molecule has 0 atom stereocenters. The maximum Gasteiger partial charge on any atom is 0.243 e. The van der Waals surface area contributed by atoms with Gasteiger partial charge in [-0.25, -0.2) is 8.42 Å². The molecule has 22 heavy (non-hydrogen) atoms. The third kappa shape index (κ3) is 3.89. The predicted octanol–water partition coefficient (Wildman–Crippen LogP) is 3.08. The maximum atomic E-state index is 12.9. The summed E-state index contributed by atoms with van der Waals surface area (Å²) in [5.74, 6) is 0. The Bertz CT molecular complexity index is 713. The molecule has 0 aliphatic carbocycles. The summed E-state index contributed by atoms with van der Waals surface area (Å²) in [5, 5.41) is 0.388. The van der Waals surface area contributed by atoms with E-state index in [1.54, 1.807) is 25.1 Å². The van der Waals surface area contributed by atoms with Crippen LogP contribution in [0.1, 0.15) is 11.1 Å². The summed E-state index contributed by atoms with van der Waals surface area (Å²) in [6.07, 6.45) is 3.04. The minimum absolute atomic E-state index is 0.208. The second-order valence-electron chi connectivity index (χ2n) is 4.87. The molecule has 5 nitrogen and oxygen atoms in total. The van der Waals surface area contributed by atoms with Gasteiger partial charge in [-0.1, -0.05) is 17.7 Å². The number of nitrogens with zero attached hydrogens (tertiary/aromatic N) is 1. The Balaban J connectivity index is 2.37. The quantitative estimate of drug-likeness (QED) is 0.775. The van der Waals surface area contributed by atoms with Crippen molar-refractivity contribution in [3.8, 4) is 0 Å². The van der Waals surface area contributed by atoms with Crippen LogP contribution < -0.4 is 0 Å². The largest absolute Gasteiger partial charge is 0.472 e. The van der Waals surface area contributed by atoms with Gasteiger partial charge in [0, 0.05) is 30.8 Å². The first kappa shape index (κ1) is 17.0. The van der Waals surface area contributed by atoms with Crippen LogP contribution >= 0.6 is 11.6 Å². The van der Waals surface area contributed by atoms with Crippen molar-refractivity contribution >= 4 is 21.6 Å². The molecule has 1 aromatic carbocycles. The van der Waals surface area contributed by atoms with E-state index in [9.17, 15) is 8.42 Å². The Labute approximate surface area is 135 Å². The molecule has 0 fully saturated rings. The van der Waals surface area contributed by atoms with Gasteiger partial charge in [0.1, 0.15) is 0 Å². The molecular weight excluding hydrogens is 326 g/mol. The minimum Gasteiger partial charge on any atom is -0.472 e. The van der Waals surface area contributed by atoms with E-state index in [2.05, 4.69) is 0 Å². The molecule has 2 aromatic rings. The summed E-state index contributed by atoms with van der Waals surface area (Å²) in [5.41, 5.74) is 1.43. The van der Waals surface area contributed by atoms with E-state index in [0.29, 0.717) is 17.2 Å². The molecule has 1 heterocycles. The molecule has 0 spiro atoms.